The van der Waals surface area contributed by atoms with Crippen LogP contribution < -0.4 is 21.7 Å². The number of rotatable bonds is 16. The van der Waals surface area contributed by atoms with Gasteiger partial charge in [0.2, 0.25) is 17.7 Å². The second kappa shape index (κ2) is 17.6. The number of benzene rings is 1. The molecule has 10 heteroatoms. The van der Waals surface area contributed by atoms with E-state index in [1.54, 1.807) is 38.4 Å². The molecule has 0 unspecified atom stereocenters. The van der Waals surface area contributed by atoms with Gasteiger partial charge in [0.25, 0.3) is 0 Å². The lowest BCUT2D eigenvalue weighted by Crippen LogP contribution is -2.50. The number of amides is 3. The highest BCUT2D eigenvalue weighted by molar-refractivity contribution is 5.93. The van der Waals surface area contributed by atoms with Crippen LogP contribution in [0.25, 0.3) is 0 Å². The number of carbonyl (C=O) groups excluding carboxylic acids is 3. The Morgan fingerprint density at radius 1 is 1.08 bits per heavy atom. The van der Waals surface area contributed by atoms with Crippen molar-refractivity contribution in [1.82, 2.24) is 20.9 Å². The lowest BCUT2D eigenvalue weighted by Gasteiger charge is -2.22. The Labute approximate surface area is 219 Å². The maximum atomic E-state index is 13.3. The van der Waals surface area contributed by atoms with Crippen molar-refractivity contribution in [3.05, 3.63) is 54.1 Å². The van der Waals surface area contributed by atoms with Crippen LogP contribution in [0.2, 0.25) is 0 Å². The molecule has 0 aromatic heterocycles. The zero-order valence-electron chi connectivity index (χ0n) is 22.1. The molecule has 0 saturated carbocycles. The number of hydrogen-bond acceptors (Lipinski definition) is 5. The summed E-state index contributed by atoms with van der Waals surface area (Å²) in [5, 5.41) is 25.3. The molecule has 0 fully saturated rings. The van der Waals surface area contributed by atoms with Gasteiger partial charge in [0.1, 0.15) is 11.8 Å². The highest BCUT2D eigenvalue weighted by Crippen LogP contribution is 2.12. The van der Waals surface area contributed by atoms with Crippen molar-refractivity contribution in [1.29, 1.82) is 5.41 Å². The molecule has 2 atom stereocenters. The van der Waals surface area contributed by atoms with E-state index in [0.717, 1.165) is 31.2 Å². The van der Waals surface area contributed by atoms with Gasteiger partial charge in [0, 0.05) is 39.2 Å². The van der Waals surface area contributed by atoms with Gasteiger partial charge in [-0.25, -0.2) is 0 Å². The number of likely N-dealkylation sites (N-methyl/N-ethyl adjacent to an activating group) is 1. The van der Waals surface area contributed by atoms with Gasteiger partial charge in [-0.3, -0.25) is 19.8 Å². The molecule has 0 bridgehead atoms. The summed E-state index contributed by atoms with van der Waals surface area (Å²) < 4.78 is 0. The Kier molecular flexibility index (Phi) is 14.8. The third-order valence-corrected chi connectivity index (χ3v) is 5.50. The van der Waals surface area contributed by atoms with Crippen molar-refractivity contribution in [3.8, 4) is 5.75 Å². The molecule has 3 amide bonds. The Hall–Kier alpha value is -3.82. The fourth-order valence-corrected chi connectivity index (χ4v) is 3.39. The normalized spacial score (nSPS) is 12.7. The van der Waals surface area contributed by atoms with E-state index in [4.69, 9.17) is 11.1 Å². The Morgan fingerprint density at radius 3 is 2.41 bits per heavy atom. The summed E-state index contributed by atoms with van der Waals surface area (Å²) in [7, 11) is 3.27. The van der Waals surface area contributed by atoms with E-state index in [1.165, 1.54) is 29.2 Å². The van der Waals surface area contributed by atoms with Gasteiger partial charge in [0.15, 0.2) is 5.96 Å². The highest BCUT2D eigenvalue weighted by Gasteiger charge is 2.23. The van der Waals surface area contributed by atoms with E-state index in [2.05, 4.69) is 22.9 Å². The number of unbranched alkanes of at least 4 members (excludes halogenated alkanes) is 3. The van der Waals surface area contributed by atoms with Gasteiger partial charge in [-0.15, -0.1) is 0 Å². The van der Waals surface area contributed by atoms with Crippen molar-refractivity contribution in [2.45, 2.75) is 64.0 Å². The molecule has 0 spiro atoms. The number of guanidine groups is 1. The fourth-order valence-electron chi connectivity index (χ4n) is 3.39. The van der Waals surface area contributed by atoms with Crippen LogP contribution in [0.15, 0.2) is 48.6 Å². The number of nitrogens with two attached hydrogens (primary N) is 1. The predicted molar refractivity (Wildman–Crippen MR) is 146 cm³/mol. The van der Waals surface area contributed by atoms with Crippen molar-refractivity contribution in [3.63, 3.8) is 0 Å². The smallest absolute Gasteiger partial charge is 0.245 e. The van der Waals surface area contributed by atoms with E-state index in [1.807, 2.05) is 0 Å². The van der Waals surface area contributed by atoms with Gasteiger partial charge in [0.05, 0.1) is 0 Å². The van der Waals surface area contributed by atoms with Gasteiger partial charge in [-0.05, 0) is 49.5 Å². The quantitative estimate of drug-likeness (QED) is 0.0855. The Bertz CT molecular complexity index is 927. The van der Waals surface area contributed by atoms with Crippen molar-refractivity contribution in [2.24, 2.45) is 5.73 Å². The maximum absolute atomic E-state index is 13.3. The Morgan fingerprint density at radius 2 is 1.78 bits per heavy atom. The molecule has 0 aliphatic heterocycles. The minimum atomic E-state index is -0.867. The number of hydrogen-bond donors (Lipinski definition) is 6. The molecule has 1 rings (SSSR count). The molecule has 0 saturated heterocycles. The number of nitrogens with zero attached hydrogens (tertiary/aromatic N) is 1. The Balaban J connectivity index is 2.98. The summed E-state index contributed by atoms with van der Waals surface area (Å²) in [6.45, 7) is 2.55. The molecule has 37 heavy (non-hydrogen) atoms. The fraction of sp³-hybridized carbons (Fsp3) is 0.481. The SMILES string of the molecule is CCCCC/C=C/C(=O)N[C@@H](Cc1ccc(O)cc1)C(=O)N[C@H](/C=C/C(=O)N(C)C)CCCNC(=N)N. The lowest BCUT2D eigenvalue weighted by molar-refractivity contribution is -0.127. The minimum absolute atomic E-state index is 0.110. The number of phenolic OH excluding ortho intramolecular Hbond substituents is 1. The van der Waals surface area contributed by atoms with Crippen LogP contribution in [0.1, 0.15) is 51.0 Å². The maximum Gasteiger partial charge on any atom is 0.245 e. The largest absolute Gasteiger partial charge is 0.508 e. The first-order chi connectivity index (χ1) is 17.6. The van der Waals surface area contributed by atoms with E-state index >= 15 is 0 Å². The second-order valence-electron chi connectivity index (χ2n) is 9.02. The molecule has 204 valence electrons. The molecular weight excluding hydrogens is 472 g/mol. The standard InChI is InChI=1S/C27H42N6O4/c1-4-5-6-7-8-11-24(35)32-23(19-20-12-15-22(34)16-13-20)26(37)31-21(10-9-18-30-27(28)29)14-17-25(36)33(2)3/h8,11-17,21,23,34H,4-7,9-10,18-19H2,1-3H3,(H,31,37)(H,32,35)(H4,28,29,30)/b11-8+,17-14+/t21-,23-/m0/s1. The van der Waals surface area contributed by atoms with Crippen LogP contribution >= 0.6 is 0 Å². The number of phenols is 1. The predicted octanol–water partition coefficient (Wildman–Crippen LogP) is 1.95. The highest BCUT2D eigenvalue weighted by atomic mass is 16.3. The zero-order valence-corrected chi connectivity index (χ0v) is 22.1. The monoisotopic (exact) mass is 514 g/mol. The minimum Gasteiger partial charge on any atom is -0.508 e. The first-order valence-corrected chi connectivity index (χ1v) is 12.6. The van der Waals surface area contributed by atoms with E-state index in [0.29, 0.717) is 19.4 Å². The first kappa shape index (κ1) is 31.2. The third-order valence-electron chi connectivity index (χ3n) is 5.50. The molecule has 7 N–H and O–H groups in total. The van der Waals surface area contributed by atoms with Crippen LogP contribution in [-0.2, 0) is 20.8 Å². The van der Waals surface area contributed by atoms with Crippen LogP contribution in [0, 0.1) is 5.41 Å². The number of allylic oxidation sites excluding steroid dienone is 1. The summed E-state index contributed by atoms with van der Waals surface area (Å²) in [6, 6.07) is 5.11. The number of nitrogens with one attached hydrogen (secondary N) is 4. The molecular formula is C27H42N6O4. The lowest BCUT2D eigenvalue weighted by atomic mass is 10.0. The molecule has 0 aliphatic carbocycles. The average Bonchev–Trinajstić information content (AvgIpc) is 2.85. The first-order valence-electron chi connectivity index (χ1n) is 12.6. The van der Waals surface area contributed by atoms with Gasteiger partial charge < -0.3 is 31.7 Å². The van der Waals surface area contributed by atoms with Crippen molar-refractivity contribution >= 4 is 23.7 Å². The van der Waals surface area contributed by atoms with Crippen LogP contribution in [0.4, 0.5) is 0 Å². The van der Waals surface area contributed by atoms with Crippen LogP contribution in [0.3, 0.4) is 0 Å². The van der Waals surface area contributed by atoms with E-state index in [9.17, 15) is 19.5 Å². The van der Waals surface area contributed by atoms with E-state index in [-0.39, 0.29) is 29.9 Å². The zero-order chi connectivity index (χ0) is 27.6. The molecule has 0 radical (unpaired) electrons. The summed E-state index contributed by atoms with van der Waals surface area (Å²) in [5.41, 5.74) is 6.10. The topological polar surface area (TPSA) is 161 Å². The van der Waals surface area contributed by atoms with Crippen molar-refractivity contribution in [2.75, 3.05) is 20.6 Å². The average molecular weight is 515 g/mol. The summed E-state index contributed by atoms with van der Waals surface area (Å²) in [5.74, 6) is -1.01. The summed E-state index contributed by atoms with van der Waals surface area (Å²) in [4.78, 5) is 39.3. The second-order valence-corrected chi connectivity index (χ2v) is 9.02. The van der Waals surface area contributed by atoms with Gasteiger partial charge >= 0.3 is 0 Å². The van der Waals surface area contributed by atoms with Crippen molar-refractivity contribution < 1.29 is 19.5 Å². The van der Waals surface area contributed by atoms with E-state index < -0.39 is 18.0 Å². The summed E-state index contributed by atoms with van der Waals surface area (Å²) in [6.07, 6.45) is 11.5. The van der Waals surface area contributed by atoms with Crippen LogP contribution in [-0.4, -0.2) is 66.4 Å². The van der Waals surface area contributed by atoms with Crippen LogP contribution in [0.5, 0.6) is 5.75 Å². The molecule has 1 aromatic carbocycles. The van der Waals surface area contributed by atoms with Gasteiger partial charge in [-0.1, -0.05) is 44.1 Å². The third kappa shape index (κ3) is 14.4. The van der Waals surface area contributed by atoms with Gasteiger partial charge in [-0.2, -0.15) is 0 Å². The molecule has 10 nitrogen and oxygen atoms in total. The number of aromatic hydroxyl groups is 1. The number of carbonyl (C=O) groups is 3. The molecule has 1 aromatic rings. The molecule has 0 aliphatic rings. The summed E-state index contributed by atoms with van der Waals surface area (Å²) >= 11 is 0. The molecule has 0 heterocycles.